The molecule has 148 valence electrons. The van der Waals surface area contributed by atoms with Crippen LogP contribution in [0.4, 0.5) is 10.1 Å². The molecule has 1 heterocycles. The zero-order chi connectivity index (χ0) is 20.6. The quantitative estimate of drug-likeness (QED) is 0.815. The van der Waals surface area contributed by atoms with Gasteiger partial charge in [-0.05, 0) is 61.7 Å². The molecule has 1 aliphatic rings. The summed E-state index contributed by atoms with van der Waals surface area (Å²) in [7, 11) is -4.19. The number of sulfonamides is 1. The number of nitrogens with one attached hydrogen (secondary N) is 1. The Balaban J connectivity index is 1.90. The molecule has 3 rings (SSSR count). The highest BCUT2D eigenvalue weighted by atomic mass is 35.5. The van der Waals surface area contributed by atoms with E-state index >= 15 is 0 Å². The van der Waals surface area contributed by atoms with Crippen molar-refractivity contribution in [1.29, 1.82) is 0 Å². The summed E-state index contributed by atoms with van der Waals surface area (Å²) in [6.45, 7) is 3.61. The van der Waals surface area contributed by atoms with Gasteiger partial charge in [-0.2, -0.15) is 0 Å². The summed E-state index contributed by atoms with van der Waals surface area (Å²) in [5, 5.41) is 2.32. The molecule has 1 N–H and O–H groups in total. The molecule has 6 nitrogen and oxygen atoms in total. The Morgan fingerprint density at radius 3 is 2.54 bits per heavy atom. The molecule has 1 saturated heterocycles. The maximum atomic E-state index is 13.3. The first-order chi connectivity index (χ1) is 13.1. The smallest absolute Gasteiger partial charge is 0.267 e. The van der Waals surface area contributed by atoms with Gasteiger partial charge in [0, 0.05) is 12.1 Å². The third kappa shape index (κ3) is 3.74. The monoisotopic (exact) mass is 424 g/mol. The van der Waals surface area contributed by atoms with Gasteiger partial charge in [0.2, 0.25) is 11.8 Å². The van der Waals surface area contributed by atoms with E-state index in [0.717, 1.165) is 17.2 Å². The molecule has 0 saturated carbocycles. The van der Waals surface area contributed by atoms with Gasteiger partial charge in [0.25, 0.3) is 10.0 Å². The average molecular weight is 425 g/mol. The lowest BCUT2D eigenvalue weighted by molar-refractivity contribution is -0.128. The number of carbonyl (C=O) groups is 2. The van der Waals surface area contributed by atoms with Crippen LogP contribution in [0, 0.1) is 19.7 Å². The summed E-state index contributed by atoms with van der Waals surface area (Å²) in [4.78, 5) is 24.9. The van der Waals surface area contributed by atoms with E-state index in [-0.39, 0.29) is 28.4 Å². The lowest BCUT2D eigenvalue weighted by Gasteiger charge is -2.24. The molecular formula is C19H18ClFN2O4S. The summed E-state index contributed by atoms with van der Waals surface area (Å²) in [6, 6.07) is 6.96. The Morgan fingerprint density at radius 2 is 1.89 bits per heavy atom. The fourth-order valence-electron chi connectivity index (χ4n) is 2.99. The van der Waals surface area contributed by atoms with Gasteiger partial charge in [-0.25, -0.2) is 17.1 Å². The van der Waals surface area contributed by atoms with Gasteiger partial charge in [-0.3, -0.25) is 9.59 Å². The molecule has 2 amide bonds. The predicted molar refractivity (Wildman–Crippen MR) is 103 cm³/mol. The largest absolute Gasteiger partial charge is 0.324 e. The number of hydrogen-bond donors (Lipinski definition) is 1. The number of hydrogen-bond acceptors (Lipinski definition) is 4. The van der Waals surface area contributed by atoms with E-state index in [1.165, 1.54) is 24.3 Å². The minimum absolute atomic E-state index is 0.0477. The van der Waals surface area contributed by atoms with Gasteiger partial charge in [0.05, 0.1) is 9.92 Å². The van der Waals surface area contributed by atoms with E-state index in [4.69, 9.17) is 11.6 Å². The van der Waals surface area contributed by atoms with Gasteiger partial charge < -0.3 is 5.32 Å². The minimum atomic E-state index is -4.19. The van der Waals surface area contributed by atoms with Crippen molar-refractivity contribution in [3.8, 4) is 0 Å². The van der Waals surface area contributed by atoms with Gasteiger partial charge >= 0.3 is 0 Å². The van der Waals surface area contributed by atoms with E-state index in [9.17, 15) is 22.4 Å². The van der Waals surface area contributed by atoms with Crippen LogP contribution >= 0.6 is 11.6 Å². The number of aryl methyl sites for hydroxylation is 2. The van der Waals surface area contributed by atoms with Gasteiger partial charge in [-0.15, -0.1) is 0 Å². The lowest BCUT2D eigenvalue weighted by atomic mass is 10.1. The van der Waals surface area contributed by atoms with Crippen LogP contribution in [-0.2, 0) is 19.6 Å². The second-order valence-electron chi connectivity index (χ2n) is 6.61. The Hall–Kier alpha value is -2.45. The summed E-state index contributed by atoms with van der Waals surface area (Å²) < 4.78 is 40.0. The summed E-state index contributed by atoms with van der Waals surface area (Å²) in [5.41, 5.74) is 1.88. The highest BCUT2D eigenvalue weighted by Crippen LogP contribution is 2.29. The van der Waals surface area contributed by atoms with E-state index in [0.29, 0.717) is 4.31 Å². The molecule has 0 bridgehead atoms. The predicted octanol–water partition coefficient (Wildman–Crippen LogP) is 3.41. The molecule has 0 aromatic heterocycles. The van der Waals surface area contributed by atoms with Gasteiger partial charge in [0.1, 0.15) is 11.9 Å². The number of amides is 2. The molecule has 1 atom stereocenters. The van der Waals surface area contributed by atoms with E-state index in [2.05, 4.69) is 5.32 Å². The number of nitrogens with zero attached hydrogens (tertiary/aromatic N) is 1. The van der Waals surface area contributed by atoms with Crippen LogP contribution in [0.5, 0.6) is 0 Å². The lowest BCUT2D eigenvalue weighted by Crippen LogP contribution is -2.45. The van der Waals surface area contributed by atoms with Crippen LogP contribution < -0.4 is 5.32 Å². The molecule has 1 unspecified atom stereocenters. The molecule has 0 radical (unpaired) electrons. The number of halogens is 2. The standard InChI is InChI=1S/C19H18ClFN2O4S/c1-11-3-5-14(9-12(11)2)28(26,27)23-17(7-8-18(23)24)19(25)22-13-4-6-16(21)15(20)10-13/h3-6,9-10,17H,7-8H2,1-2H3,(H,22,25). The average Bonchev–Trinajstić information content (AvgIpc) is 3.03. The Bertz CT molecular complexity index is 1070. The molecule has 2 aromatic carbocycles. The zero-order valence-corrected chi connectivity index (χ0v) is 16.8. The number of rotatable bonds is 4. The van der Waals surface area contributed by atoms with E-state index in [1.807, 2.05) is 6.92 Å². The molecule has 0 aliphatic carbocycles. The second-order valence-corrected chi connectivity index (χ2v) is 8.84. The SMILES string of the molecule is Cc1ccc(S(=O)(=O)N2C(=O)CCC2C(=O)Nc2ccc(F)c(Cl)c2)cc1C. The molecule has 28 heavy (non-hydrogen) atoms. The summed E-state index contributed by atoms with van der Waals surface area (Å²) in [6.07, 6.45) is -0.00397. The molecule has 1 fully saturated rings. The van der Waals surface area contributed by atoms with Crippen molar-refractivity contribution in [1.82, 2.24) is 4.31 Å². The van der Waals surface area contributed by atoms with Crippen LogP contribution in [0.15, 0.2) is 41.3 Å². The highest BCUT2D eigenvalue weighted by molar-refractivity contribution is 7.89. The molecule has 9 heteroatoms. The van der Waals surface area contributed by atoms with Crippen molar-refractivity contribution in [3.05, 3.63) is 58.4 Å². The highest BCUT2D eigenvalue weighted by Gasteiger charge is 2.44. The molecule has 2 aromatic rings. The fourth-order valence-corrected chi connectivity index (χ4v) is 4.86. The summed E-state index contributed by atoms with van der Waals surface area (Å²) in [5.74, 6) is -1.97. The van der Waals surface area contributed by atoms with E-state index < -0.39 is 33.7 Å². The maximum Gasteiger partial charge on any atom is 0.267 e. The normalized spacial score (nSPS) is 17.1. The zero-order valence-electron chi connectivity index (χ0n) is 15.2. The van der Waals surface area contributed by atoms with Crippen molar-refractivity contribution >= 4 is 39.1 Å². The molecular weight excluding hydrogens is 407 g/mol. The van der Waals surface area contributed by atoms with Crippen molar-refractivity contribution in [2.75, 3.05) is 5.32 Å². The van der Waals surface area contributed by atoms with Crippen molar-refractivity contribution in [2.24, 2.45) is 0 Å². The van der Waals surface area contributed by atoms with Crippen LogP contribution in [0.3, 0.4) is 0 Å². The first-order valence-electron chi connectivity index (χ1n) is 8.51. The Labute approximate surface area is 167 Å². The Kier molecular flexibility index (Phi) is 5.45. The second kappa shape index (κ2) is 7.52. The van der Waals surface area contributed by atoms with Crippen LogP contribution in [0.2, 0.25) is 5.02 Å². The van der Waals surface area contributed by atoms with Crippen LogP contribution in [0.1, 0.15) is 24.0 Å². The third-order valence-corrected chi connectivity index (χ3v) is 6.80. The van der Waals surface area contributed by atoms with Gasteiger partial charge in [0.15, 0.2) is 0 Å². The van der Waals surface area contributed by atoms with Crippen LogP contribution in [-0.4, -0.2) is 30.6 Å². The Morgan fingerprint density at radius 1 is 1.18 bits per heavy atom. The topological polar surface area (TPSA) is 83.6 Å². The van der Waals surface area contributed by atoms with Crippen molar-refractivity contribution in [2.45, 2.75) is 37.6 Å². The minimum Gasteiger partial charge on any atom is -0.324 e. The first kappa shape index (κ1) is 20.3. The molecule has 0 spiro atoms. The number of carbonyl (C=O) groups excluding carboxylic acids is 2. The first-order valence-corrected chi connectivity index (χ1v) is 10.3. The van der Waals surface area contributed by atoms with Crippen LogP contribution in [0.25, 0.3) is 0 Å². The maximum absolute atomic E-state index is 13.3. The van der Waals surface area contributed by atoms with Crippen molar-refractivity contribution < 1.29 is 22.4 Å². The van der Waals surface area contributed by atoms with Crippen molar-refractivity contribution in [3.63, 3.8) is 0 Å². The number of anilines is 1. The van der Waals surface area contributed by atoms with Gasteiger partial charge in [-0.1, -0.05) is 17.7 Å². The van der Waals surface area contributed by atoms with E-state index in [1.54, 1.807) is 13.0 Å². The number of benzene rings is 2. The fraction of sp³-hybridized carbons (Fsp3) is 0.263. The third-order valence-electron chi connectivity index (χ3n) is 4.69. The summed E-state index contributed by atoms with van der Waals surface area (Å²) >= 11 is 5.70. The molecule has 1 aliphatic heterocycles.